The molecule has 0 saturated heterocycles. The summed E-state index contributed by atoms with van der Waals surface area (Å²) in [7, 11) is -4.67. The Morgan fingerprint density at radius 2 is 1.65 bits per heavy atom. The molecule has 0 radical (unpaired) electrons. The summed E-state index contributed by atoms with van der Waals surface area (Å²) in [5.41, 5.74) is -0.370. The van der Waals surface area contributed by atoms with E-state index in [1.807, 2.05) is 0 Å². The second kappa shape index (κ2) is 9.48. The van der Waals surface area contributed by atoms with Gasteiger partial charge in [0.2, 0.25) is 16.5 Å². The summed E-state index contributed by atoms with van der Waals surface area (Å²) < 4.78 is 34.3. The van der Waals surface area contributed by atoms with E-state index in [1.54, 1.807) is 24.3 Å². The minimum absolute atomic E-state index is 0.0271. The van der Waals surface area contributed by atoms with E-state index in [0.717, 1.165) is 10.7 Å². The lowest BCUT2D eigenvalue weighted by atomic mass is 10.3. The van der Waals surface area contributed by atoms with Gasteiger partial charge in [-0.1, -0.05) is 23.7 Å². The number of nitrogens with zero attached hydrogens (tertiary/aromatic N) is 6. The van der Waals surface area contributed by atoms with Crippen molar-refractivity contribution in [3.05, 3.63) is 74.6 Å². The second-order valence-electron chi connectivity index (χ2n) is 6.43. The number of anilines is 2. The van der Waals surface area contributed by atoms with Gasteiger partial charge < -0.3 is 5.32 Å². The first-order valence-electron chi connectivity index (χ1n) is 9.04. The molecule has 0 atom stereocenters. The van der Waals surface area contributed by atoms with Crippen LogP contribution in [0.3, 0.4) is 0 Å². The molecule has 174 valence electrons. The van der Waals surface area contributed by atoms with Crippen molar-refractivity contribution in [3.8, 4) is 5.69 Å². The first kappa shape index (κ1) is 23.8. The lowest BCUT2D eigenvalue weighted by Crippen LogP contribution is -2.14. The molecule has 0 bridgehead atoms. The summed E-state index contributed by atoms with van der Waals surface area (Å²) in [6, 6.07) is 10.2. The number of hydrogen-bond acceptors (Lipinski definition) is 9. The fraction of sp³-hybridized carbons (Fsp3) is 0. The first-order valence-corrected chi connectivity index (χ1v) is 11.6. The number of rotatable bonds is 6. The zero-order valence-electron chi connectivity index (χ0n) is 16.5. The van der Waals surface area contributed by atoms with E-state index >= 15 is 0 Å². The molecule has 2 aromatic carbocycles. The Kier molecular flexibility index (Phi) is 6.63. The van der Waals surface area contributed by atoms with Crippen LogP contribution in [-0.2, 0) is 10.1 Å². The van der Waals surface area contributed by atoms with Crippen LogP contribution in [0.1, 0.15) is 0 Å². The third-order valence-corrected chi connectivity index (χ3v) is 5.74. The normalized spacial score (nSPS) is 11.8. The van der Waals surface area contributed by atoms with Gasteiger partial charge in [-0.25, -0.2) is 4.68 Å². The van der Waals surface area contributed by atoms with Gasteiger partial charge in [-0.2, -0.15) is 23.4 Å². The van der Waals surface area contributed by atoms with E-state index in [0.29, 0.717) is 10.7 Å². The molecule has 12 nitrogen and oxygen atoms in total. The predicted molar refractivity (Wildman–Crippen MR) is 125 cm³/mol. The summed E-state index contributed by atoms with van der Waals surface area (Å²) in [4.78, 5) is 23.4. The summed E-state index contributed by atoms with van der Waals surface area (Å²) in [5.74, 6) is -0.0271. The molecule has 0 fully saturated rings. The van der Waals surface area contributed by atoms with Crippen molar-refractivity contribution in [1.29, 1.82) is 0 Å². The Bertz CT molecular complexity index is 1570. The van der Waals surface area contributed by atoms with E-state index in [9.17, 15) is 17.8 Å². The highest BCUT2D eigenvalue weighted by Gasteiger charge is 2.17. The highest BCUT2D eigenvalue weighted by Crippen LogP contribution is 2.30. The number of para-hydroxylation sites is 1. The van der Waals surface area contributed by atoms with Crippen LogP contribution in [0.4, 0.5) is 23.0 Å². The van der Waals surface area contributed by atoms with Crippen LogP contribution in [0.25, 0.3) is 5.69 Å². The molecule has 4 rings (SSSR count). The van der Waals surface area contributed by atoms with Gasteiger partial charge >= 0.3 is 0 Å². The molecular weight excluding hydrogens is 531 g/mol. The van der Waals surface area contributed by atoms with Gasteiger partial charge in [-0.05, 0) is 53.5 Å². The molecule has 16 heteroatoms. The molecule has 0 spiro atoms. The average molecular weight is 542 g/mol. The van der Waals surface area contributed by atoms with Crippen LogP contribution in [0.15, 0.2) is 68.6 Å². The Labute approximate surface area is 206 Å². The number of aromatic amines is 1. The van der Waals surface area contributed by atoms with E-state index in [2.05, 4.69) is 35.6 Å². The van der Waals surface area contributed by atoms with Gasteiger partial charge in [0, 0.05) is 5.69 Å². The van der Waals surface area contributed by atoms with E-state index in [4.69, 9.17) is 34.8 Å². The molecule has 0 aliphatic heterocycles. The molecule has 3 N–H and O–H groups in total. The average Bonchev–Trinajstić information content (AvgIpc) is 3.11. The van der Waals surface area contributed by atoms with Gasteiger partial charge in [0.05, 0.1) is 16.9 Å². The van der Waals surface area contributed by atoms with Crippen molar-refractivity contribution < 1.29 is 13.0 Å². The highest BCUT2D eigenvalue weighted by atomic mass is 35.5. The molecule has 2 heterocycles. The predicted octanol–water partition coefficient (Wildman–Crippen LogP) is 4.72. The van der Waals surface area contributed by atoms with Crippen LogP contribution < -0.4 is 10.9 Å². The van der Waals surface area contributed by atoms with Gasteiger partial charge in [-0.3, -0.25) is 14.4 Å². The topological polar surface area (TPSA) is 168 Å². The Morgan fingerprint density at radius 3 is 2.32 bits per heavy atom. The Hall–Kier alpha value is -3.36. The summed E-state index contributed by atoms with van der Waals surface area (Å²) in [5, 5.41) is 13.1. The van der Waals surface area contributed by atoms with Crippen molar-refractivity contribution in [2.45, 2.75) is 4.90 Å². The lowest BCUT2D eigenvalue weighted by molar-refractivity contribution is 0.483. The van der Waals surface area contributed by atoms with Crippen LogP contribution in [0, 0.1) is 0 Å². The fourth-order valence-electron chi connectivity index (χ4n) is 2.75. The minimum Gasteiger partial charge on any atom is -0.324 e. The summed E-state index contributed by atoms with van der Waals surface area (Å²) in [6.45, 7) is 0. The number of aromatic nitrogens is 5. The molecule has 2 aromatic heterocycles. The van der Waals surface area contributed by atoms with Crippen LogP contribution >= 0.6 is 34.8 Å². The van der Waals surface area contributed by atoms with E-state index < -0.39 is 20.6 Å². The largest absolute Gasteiger partial charge is 0.324 e. The van der Waals surface area contributed by atoms with Gasteiger partial charge in [0.15, 0.2) is 5.69 Å². The smallest absolute Gasteiger partial charge is 0.299 e. The maximum absolute atomic E-state index is 12.7. The molecule has 34 heavy (non-hydrogen) atoms. The fourth-order valence-corrected chi connectivity index (χ4v) is 3.94. The SMILES string of the molecule is O=c1c(N=Nc2cc(Nc3nc(Cl)nc(Cl)n3)ccc2S(=O)(=O)O)c[nH]n1-c1ccccc1Cl. The monoisotopic (exact) mass is 540 g/mol. The molecule has 0 unspecified atom stereocenters. The van der Waals surface area contributed by atoms with E-state index in [1.165, 1.54) is 18.3 Å². The third kappa shape index (κ3) is 5.24. The standard InChI is InChI=1S/C18H11Cl3N8O4S/c19-10-3-1-2-4-13(10)29-15(30)12(8-22-29)28-27-11-7-9(5-6-14(11)34(31,32)33)23-18-25-16(20)24-17(21)26-18/h1-8,22H,(H,31,32,33)(H,23,24,25,26). The Balaban J connectivity index is 1.71. The molecular formula is C18H11Cl3N8O4S. The molecule has 4 aromatic rings. The summed E-state index contributed by atoms with van der Waals surface area (Å²) >= 11 is 17.6. The van der Waals surface area contributed by atoms with Crippen molar-refractivity contribution in [1.82, 2.24) is 24.7 Å². The zero-order chi connectivity index (χ0) is 24.5. The van der Waals surface area contributed by atoms with Crippen LogP contribution in [0.2, 0.25) is 15.6 Å². The zero-order valence-corrected chi connectivity index (χ0v) is 19.6. The van der Waals surface area contributed by atoms with Crippen molar-refractivity contribution in [2.24, 2.45) is 10.2 Å². The van der Waals surface area contributed by atoms with Gasteiger partial charge in [-0.15, -0.1) is 10.2 Å². The highest BCUT2D eigenvalue weighted by molar-refractivity contribution is 7.86. The summed E-state index contributed by atoms with van der Waals surface area (Å²) in [6.07, 6.45) is 1.26. The first-order chi connectivity index (χ1) is 16.1. The number of hydrogen-bond donors (Lipinski definition) is 3. The maximum atomic E-state index is 12.7. The minimum atomic E-state index is -4.67. The van der Waals surface area contributed by atoms with Crippen molar-refractivity contribution in [3.63, 3.8) is 0 Å². The van der Waals surface area contributed by atoms with Gasteiger partial charge in [0.1, 0.15) is 10.6 Å². The number of benzene rings is 2. The lowest BCUT2D eigenvalue weighted by Gasteiger charge is -2.08. The molecule has 0 saturated carbocycles. The number of H-pyrrole nitrogens is 1. The number of halogens is 3. The van der Waals surface area contributed by atoms with Crippen LogP contribution in [0.5, 0.6) is 0 Å². The molecule has 0 amide bonds. The second-order valence-corrected chi connectivity index (χ2v) is 8.90. The maximum Gasteiger partial charge on any atom is 0.299 e. The Morgan fingerprint density at radius 1 is 0.971 bits per heavy atom. The number of nitrogens with one attached hydrogen (secondary N) is 2. The third-order valence-electron chi connectivity index (χ3n) is 4.19. The van der Waals surface area contributed by atoms with E-state index in [-0.39, 0.29) is 33.6 Å². The molecule has 0 aliphatic rings. The molecule has 0 aliphatic carbocycles. The van der Waals surface area contributed by atoms with Crippen molar-refractivity contribution >= 4 is 67.9 Å². The van der Waals surface area contributed by atoms with Crippen molar-refractivity contribution in [2.75, 3.05) is 5.32 Å². The number of azo groups is 1. The van der Waals surface area contributed by atoms with Crippen LogP contribution in [-0.4, -0.2) is 37.7 Å². The quantitative estimate of drug-likeness (QED) is 0.233. The van der Waals surface area contributed by atoms with Gasteiger partial charge in [0.25, 0.3) is 15.7 Å².